The minimum Gasteiger partial charge on any atom is -0.399 e. The van der Waals surface area contributed by atoms with E-state index in [-0.39, 0.29) is 16.5 Å². The fourth-order valence-corrected chi connectivity index (χ4v) is 2.62. The second-order valence-corrected chi connectivity index (χ2v) is 6.57. The highest BCUT2D eigenvalue weighted by Gasteiger charge is 2.22. The van der Waals surface area contributed by atoms with Crippen molar-refractivity contribution in [3.63, 3.8) is 0 Å². The predicted molar refractivity (Wildman–Crippen MR) is 74.5 cm³/mol. The van der Waals surface area contributed by atoms with Gasteiger partial charge in [-0.15, -0.1) is 0 Å². The Morgan fingerprint density at radius 2 is 2.00 bits per heavy atom. The molecule has 0 fully saturated rings. The van der Waals surface area contributed by atoms with Crippen molar-refractivity contribution in [1.82, 2.24) is 5.32 Å². The van der Waals surface area contributed by atoms with Gasteiger partial charge in [-0.25, -0.2) is 4.39 Å². The van der Waals surface area contributed by atoms with Gasteiger partial charge in [0, 0.05) is 17.1 Å². The van der Waals surface area contributed by atoms with E-state index in [1.54, 1.807) is 6.92 Å². The Hall–Kier alpha value is -1.43. The first-order valence-electron chi connectivity index (χ1n) is 6.05. The van der Waals surface area contributed by atoms with E-state index in [0.29, 0.717) is 12.5 Å². The smallest absolute Gasteiger partial charge is 0.235 e. The number of nitrogens with one attached hydrogen (secondary N) is 1. The van der Waals surface area contributed by atoms with Gasteiger partial charge in [0.2, 0.25) is 5.91 Å². The van der Waals surface area contributed by atoms with Crippen molar-refractivity contribution in [3.8, 4) is 0 Å². The molecular weight excluding hydrogens is 267 g/mol. The van der Waals surface area contributed by atoms with Crippen LogP contribution in [0.3, 0.4) is 0 Å². The topological polar surface area (TPSA) is 72.2 Å². The number of nitrogens with two attached hydrogens (primary N) is 1. The van der Waals surface area contributed by atoms with Gasteiger partial charge in [0.05, 0.1) is 10.8 Å². The monoisotopic (exact) mass is 286 g/mol. The van der Waals surface area contributed by atoms with Crippen LogP contribution >= 0.6 is 0 Å². The number of benzene rings is 1. The van der Waals surface area contributed by atoms with Crippen LogP contribution in [0.15, 0.2) is 23.1 Å². The van der Waals surface area contributed by atoms with Gasteiger partial charge in [-0.3, -0.25) is 9.00 Å². The van der Waals surface area contributed by atoms with Gasteiger partial charge in [0.25, 0.3) is 0 Å². The zero-order chi connectivity index (χ0) is 14.6. The van der Waals surface area contributed by atoms with E-state index in [9.17, 15) is 13.4 Å². The summed E-state index contributed by atoms with van der Waals surface area (Å²) in [7, 11) is -1.63. The normalized spacial score (nSPS) is 14.2. The van der Waals surface area contributed by atoms with Crippen LogP contribution in [0.5, 0.6) is 0 Å². The molecule has 4 nitrogen and oxygen atoms in total. The van der Waals surface area contributed by atoms with Crippen LogP contribution in [0.2, 0.25) is 0 Å². The van der Waals surface area contributed by atoms with Gasteiger partial charge >= 0.3 is 0 Å². The lowest BCUT2D eigenvalue weighted by molar-refractivity contribution is -0.120. The van der Waals surface area contributed by atoms with Crippen molar-refractivity contribution in [1.29, 1.82) is 0 Å². The number of hydrogen-bond acceptors (Lipinski definition) is 3. The maximum absolute atomic E-state index is 13.2. The molecule has 1 amide bonds. The fraction of sp³-hybridized carbons (Fsp3) is 0.462. The number of rotatable bonds is 5. The Morgan fingerprint density at radius 1 is 1.37 bits per heavy atom. The standard InChI is InChI=1S/C13H19FN2O2S/c1-8(2)7-16-13(17)9(3)19(18)12-5-10(14)4-11(15)6-12/h4-6,8-9H,7,15H2,1-3H3,(H,16,17). The summed E-state index contributed by atoms with van der Waals surface area (Å²) in [5.41, 5.74) is 5.69. The minimum absolute atomic E-state index is 0.193. The van der Waals surface area contributed by atoms with Crippen molar-refractivity contribution in [2.75, 3.05) is 12.3 Å². The van der Waals surface area contributed by atoms with E-state index in [0.717, 1.165) is 12.1 Å². The van der Waals surface area contributed by atoms with E-state index in [1.165, 1.54) is 6.07 Å². The van der Waals surface area contributed by atoms with Crippen LogP contribution in [-0.2, 0) is 15.6 Å². The average molecular weight is 286 g/mol. The quantitative estimate of drug-likeness (QED) is 0.809. The molecule has 6 heteroatoms. The molecule has 3 N–H and O–H groups in total. The third-order valence-electron chi connectivity index (χ3n) is 2.50. The van der Waals surface area contributed by atoms with Crippen molar-refractivity contribution in [3.05, 3.63) is 24.0 Å². The molecule has 0 spiro atoms. The molecular formula is C13H19FN2O2S. The lowest BCUT2D eigenvalue weighted by Crippen LogP contribution is -2.37. The Kier molecular flexibility index (Phi) is 5.47. The summed E-state index contributed by atoms with van der Waals surface area (Å²) in [4.78, 5) is 12.0. The van der Waals surface area contributed by atoms with Gasteiger partial charge in [-0.05, 0) is 31.0 Å². The summed E-state index contributed by atoms with van der Waals surface area (Å²) in [6, 6.07) is 3.70. The van der Waals surface area contributed by atoms with Crippen LogP contribution in [0.4, 0.5) is 10.1 Å². The van der Waals surface area contributed by atoms with E-state index >= 15 is 0 Å². The largest absolute Gasteiger partial charge is 0.399 e. The van der Waals surface area contributed by atoms with Crippen LogP contribution in [0, 0.1) is 11.7 Å². The highest BCUT2D eigenvalue weighted by Crippen LogP contribution is 2.17. The lowest BCUT2D eigenvalue weighted by Gasteiger charge is -2.13. The maximum Gasteiger partial charge on any atom is 0.235 e. The number of anilines is 1. The zero-order valence-electron chi connectivity index (χ0n) is 11.3. The molecule has 0 saturated carbocycles. The lowest BCUT2D eigenvalue weighted by atomic mass is 10.2. The molecule has 0 aromatic heterocycles. The molecule has 1 aromatic rings. The van der Waals surface area contributed by atoms with E-state index in [2.05, 4.69) is 5.32 Å². The molecule has 0 saturated heterocycles. The Bertz CT molecular complexity index is 471. The molecule has 0 heterocycles. The third-order valence-corrected chi connectivity index (χ3v) is 4.06. The number of amides is 1. The average Bonchev–Trinajstić information content (AvgIpc) is 2.32. The summed E-state index contributed by atoms with van der Waals surface area (Å²) >= 11 is 0. The zero-order valence-corrected chi connectivity index (χ0v) is 12.1. The second kappa shape index (κ2) is 6.65. The Morgan fingerprint density at radius 3 is 2.53 bits per heavy atom. The molecule has 1 aromatic carbocycles. The number of carbonyl (C=O) groups is 1. The summed E-state index contributed by atoms with van der Waals surface area (Å²) in [5, 5.41) is 1.95. The summed E-state index contributed by atoms with van der Waals surface area (Å²) in [6.45, 7) is 6.00. The molecule has 2 unspecified atom stereocenters. The first-order valence-corrected chi connectivity index (χ1v) is 7.27. The molecule has 0 bridgehead atoms. The molecule has 0 radical (unpaired) electrons. The molecule has 19 heavy (non-hydrogen) atoms. The minimum atomic E-state index is -1.63. The molecule has 106 valence electrons. The predicted octanol–water partition coefficient (Wildman–Crippen LogP) is 1.68. The van der Waals surface area contributed by atoms with Gasteiger partial charge in [0.15, 0.2) is 0 Å². The van der Waals surface area contributed by atoms with Crippen LogP contribution in [0.25, 0.3) is 0 Å². The van der Waals surface area contributed by atoms with Crippen LogP contribution in [-0.4, -0.2) is 21.9 Å². The first-order chi connectivity index (χ1) is 8.81. The molecule has 1 rings (SSSR count). The van der Waals surface area contributed by atoms with Crippen molar-refractivity contribution < 1.29 is 13.4 Å². The summed E-state index contributed by atoms with van der Waals surface area (Å²) in [6.07, 6.45) is 0. The first kappa shape index (κ1) is 15.6. The molecule has 0 aliphatic heterocycles. The van der Waals surface area contributed by atoms with Gasteiger partial charge in [-0.1, -0.05) is 13.8 Å². The maximum atomic E-state index is 13.2. The van der Waals surface area contributed by atoms with Gasteiger partial charge in [0.1, 0.15) is 11.1 Å². The number of hydrogen-bond donors (Lipinski definition) is 2. The Balaban J connectivity index is 2.78. The van der Waals surface area contributed by atoms with Crippen LogP contribution < -0.4 is 11.1 Å². The highest BCUT2D eigenvalue weighted by atomic mass is 32.2. The highest BCUT2D eigenvalue weighted by molar-refractivity contribution is 7.86. The molecule has 2 atom stereocenters. The van der Waals surface area contributed by atoms with E-state index in [4.69, 9.17) is 5.73 Å². The summed E-state index contributed by atoms with van der Waals surface area (Å²) in [5.74, 6) is -0.553. The van der Waals surface area contributed by atoms with Crippen LogP contribution in [0.1, 0.15) is 20.8 Å². The number of nitrogen functional groups attached to an aromatic ring is 1. The van der Waals surface area contributed by atoms with Crippen molar-refractivity contribution in [2.24, 2.45) is 5.92 Å². The van der Waals surface area contributed by atoms with Gasteiger partial charge < -0.3 is 11.1 Å². The third kappa shape index (κ3) is 4.63. The molecule has 0 aliphatic carbocycles. The van der Waals surface area contributed by atoms with Crippen molar-refractivity contribution in [2.45, 2.75) is 30.9 Å². The number of halogens is 1. The number of carbonyl (C=O) groups excluding carboxylic acids is 1. The van der Waals surface area contributed by atoms with Gasteiger partial charge in [-0.2, -0.15) is 0 Å². The van der Waals surface area contributed by atoms with E-state index in [1.807, 2.05) is 13.8 Å². The van der Waals surface area contributed by atoms with Crippen molar-refractivity contribution >= 4 is 22.4 Å². The summed E-state index contributed by atoms with van der Waals surface area (Å²) < 4.78 is 25.4. The van der Waals surface area contributed by atoms with E-state index < -0.39 is 21.9 Å². The molecule has 0 aliphatic rings. The SMILES string of the molecule is CC(C)CNC(=O)C(C)S(=O)c1cc(N)cc(F)c1. The second-order valence-electron chi connectivity index (χ2n) is 4.80. The Labute approximate surface area is 115 Å². The fourth-order valence-electron chi connectivity index (χ4n) is 1.45.